The molecule has 0 saturated carbocycles. The van der Waals surface area contributed by atoms with Gasteiger partial charge in [-0.3, -0.25) is 4.79 Å². The Labute approximate surface area is 153 Å². The van der Waals surface area contributed by atoms with E-state index in [4.69, 9.17) is 23.7 Å². The number of benzene rings is 2. The first kappa shape index (κ1) is 19.4. The number of hydrogen-bond donors (Lipinski definition) is 0. The Kier molecular flexibility index (Phi) is 7.14. The van der Waals surface area contributed by atoms with Gasteiger partial charge in [0, 0.05) is 0 Å². The average Bonchev–Trinajstić information content (AvgIpc) is 2.65. The van der Waals surface area contributed by atoms with Gasteiger partial charge in [0.25, 0.3) is 0 Å². The molecule has 2 aromatic carbocycles. The molecule has 0 heterocycles. The molecule has 0 radical (unpaired) electrons. The third-order valence-corrected chi connectivity index (χ3v) is 3.77. The second-order valence-electron chi connectivity index (χ2n) is 5.54. The first-order valence-electron chi connectivity index (χ1n) is 8.22. The van der Waals surface area contributed by atoms with Crippen LogP contribution in [-0.2, 0) is 16.0 Å². The van der Waals surface area contributed by atoms with Crippen molar-refractivity contribution in [1.29, 1.82) is 0 Å². The van der Waals surface area contributed by atoms with Gasteiger partial charge in [-0.05, 0) is 36.2 Å². The molecule has 0 aliphatic heterocycles. The van der Waals surface area contributed by atoms with Gasteiger partial charge in [-0.2, -0.15) is 0 Å². The number of para-hydroxylation sites is 1. The maximum atomic E-state index is 12.1. The number of rotatable bonds is 9. The smallest absolute Gasteiger partial charge is 0.310 e. The van der Waals surface area contributed by atoms with Crippen LogP contribution in [0.5, 0.6) is 23.0 Å². The van der Waals surface area contributed by atoms with Crippen molar-refractivity contribution in [3.63, 3.8) is 0 Å². The Bertz CT molecular complexity index is 716. The molecule has 26 heavy (non-hydrogen) atoms. The van der Waals surface area contributed by atoms with Crippen LogP contribution in [0.15, 0.2) is 36.4 Å². The van der Waals surface area contributed by atoms with Crippen LogP contribution in [0, 0.1) is 6.92 Å². The minimum atomic E-state index is -0.354. The zero-order chi connectivity index (χ0) is 18.9. The van der Waals surface area contributed by atoms with E-state index in [1.54, 1.807) is 12.1 Å². The lowest BCUT2D eigenvalue weighted by Crippen LogP contribution is -2.14. The molecule has 0 aliphatic carbocycles. The molecule has 6 heteroatoms. The Morgan fingerprint density at radius 2 is 1.54 bits per heavy atom. The van der Waals surface area contributed by atoms with E-state index >= 15 is 0 Å². The molecule has 0 aliphatic rings. The topological polar surface area (TPSA) is 63.2 Å². The van der Waals surface area contributed by atoms with Gasteiger partial charge in [-0.15, -0.1) is 0 Å². The van der Waals surface area contributed by atoms with E-state index in [0.29, 0.717) is 29.4 Å². The zero-order valence-corrected chi connectivity index (χ0v) is 15.5. The highest BCUT2D eigenvalue weighted by atomic mass is 16.6. The van der Waals surface area contributed by atoms with E-state index in [-0.39, 0.29) is 19.0 Å². The summed E-state index contributed by atoms with van der Waals surface area (Å²) in [4.78, 5) is 12.1. The predicted molar refractivity (Wildman–Crippen MR) is 97.4 cm³/mol. The molecule has 0 N–H and O–H groups in total. The molecule has 140 valence electrons. The van der Waals surface area contributed by atoms with Crippen molar-refractivity contribution in [1.82, 2.24) is 0 Å². The van der Waals surface area contributed by atoms with Crippen molar-refractivity contribution >= 4 is 5.97 Å². The van der Waals surface area contributed by atoms with Gasteiger partial charge < -0.3 is 23.7 Å². The zero-order valence-electron chi connectivity index (χ0n) is 15.5. The first-order chi connectivity index (χ1) is 12.6. The van der Waals surface area contributed by atoms with Crippen LogP contribution >= 0.6 is 0 Å². The van der Waals surface area contributed by atoms with E-state index in [2.05, 4.69) is 0 Å². The summed E-state index contributed by atoms with van der Waals surface area (Å²) in [6.07, 6.45) is 0.0983. The highest BCUT2D eigenvalue weighted by Gasteiger charge is 2.15. The number of ether oxygens (including phenoxy) is 5. The SMILES string of the molecule is COc1cc(CC(=O)OCCOc2ccccc2C)cc(OC)c1OC. The Morgan fingerprint density at radius 3 is 2.12 bits per heavy atom. The second-order valence-corrected chi connectivity index (χ2v) is 5.54. The van der Waals surface area contributed by atoms with Crippen LogP contribution < -0.4 is 18.9 Å². The fourth-order valence-corrected chi connectivity index (χ4v) is 2.48. The molecule has 0 saturated heterocycles. The molecular formula is C20H24O6. The van der Waals surface area contributed by atoms with Crippen LogP contribution in [0.4, 0.5) is 0 Å². The third-order valence-electron chi connectivity index (χ3n) is 3.77. The summed E-state index contributed by atoms with van der Waals surface area (Å²) in [5.41, 5.74) is 1.75. The molecule has 0 unspecified atom stereocenters. The molecule has 2 rings (SSSR count). The molecular weight excluding hydrogens is 336 g/mol. The molecule has 0 atom stereocenters. The van der Waals surface area contributed by atoms with Gasteiger partial charge in [0.15, 0.2) is 11.5 Å². The quantitative estimate of drug-likeness (QED) is 0.506. The summed E-state index contributed by atoms with van der Waals surface area (Å²) in [6.45, 7) is 2.44. The van der Waals surface area contributed by atoms with Crippen molar-refractivity contribution in [2.24, 2.45) is 0 Å². The molecule has 0 aromatic heterocycles. The van der Waals surface area contributed by atoms with E-state index in [1.165, 1.54) is 21.3 Å². The number of methoxy groups -OCH3 is 3. The van der Waals surface area contributed by atoms with E-state index in [1.807, 2.05) is 31.2 Å². The number of esters is 1. The largest absolute Gasteiger partial charge is 0.493 e. The van der Waals surface area contributed by atoms with Crippen LogP contribution in [0.1, 0.15) is 11.1 Å². The van der Waals surface area contributed by atoms with Crippen molar-refractivity contribution in [3.8, 4) is 23.0 Å². The first-order valence-corrected chi connectivity index (χ1v) is 8.22. The van der Waals surface area contributed by atoms with Gasteiger partial charge in [0.2, 0.25) is 5.75 Å². The minimum absolute atomic E-state index is 0.0983. The molecule has 6 nitrogen and oxygen atoms in total. The normalized spacial score (nSPS) is 10.2. The maximum Gasteiger partial charge on any atom is 0.310 e. The molecule has 0 amide bonds. The van der Waals surface area contributed by atoms with E-state index in [9.17, 15) is 4.79 Å². The van der Waals surface area contributed by atoms with Gasteiger partial charge in [-0.1, -0.05) is 18.2 Å². The summed E-state index contributed by atoms with van der Waals surface area (Å²) in [5.74, 6) is 1.91. The van der Waals surface area contributed by atoms with Gasteiger partial charge in [0.1, 0.15) is 19.0 Å². The van der Waals surface area contributed by atoms with Gasteiger partial charge in [0.05, 0.1) is 27.8 Å². The van der Waals surface area contributed by atoms with Gasteiger partial charge in [-0.25, -0.2) is 0 Å². The highest BCUT2D eigenvalue weighted by Crippen LogP contribution is 2.38. The monoisotopic (exact) mass is 360 g/mol. The number of hydrogen-bond acceptors (Lipinski definition) is 6. The van der Waals surface area contributed by atoms with Crippen molar-refractivity contribution in [2.45, 2.75) is 13.3 Å². The fraction of sp³-hybridized carbons (Fsp3) is 0.350. The highest BCUT2D eigenvalue weighted by molar-refractivity contribution is 5.73. The van der Waals surface area contributed by atoms with Crippen LogP contribution in [0.2, 0.25) is 0 Å². The van der Waals surface area contributed by atoms with E-state index in [0.717, 1.165) is 11.3 Å². The number of aryl methyl sites for hydroxylation is 1. The second kappa shape index (κ2) is 9.56. The minimum Gasteiger partial charge on any atom is -0.493 e. The Balaban J connectivity index is 1.88. The van der Waals surface area contributed by atoms with Crippen molar-refractivity contribution in [2.75, 3.05) is 34.5 Å². The maximum absolute atomic E-state index is 12.1. The van der Waals surface area contributed by atoms with Crippen molar-refractivity contribution in [3.05, 3.63) is 47.5 Å². The van der Waals surface area contributed by atoms with Crippen LogP contribution in [-0.4, -0.2) is 40.5 Å². The predicted octanol–water partition coefficient (Wildman–Crippen LogP) is 3.19. The third kappa shape index (κ3) is 5.05. The number of carbonyl (C=O) groups is 1. The summed E-state index contributed by atoms with van der Waals surface area (Å²) in [6, 6.07) is 11.1. The van der Waals surface area contributed by atoms with Crippen LogP contribution in [0.3, 0.4) is 0 Å². The Morgan fingerprint density at radius 1 is 0.885 bits per heavy atom. The lowest BCUT2D eigenvalue weighted by atomic mass is 10.1. The summed E-state index contributed by atoms with van der Waals surface area (Å²) in [5, 5.41) is 0. The van der Waals surface area contributed by atoms with Crippen molar-refractivity contribution < 1.29 is 28.5 Å². The summed E-state index contributed by atoms with van der Waals surface area (Å²) >= 11 is 0. The van der Waals surface area contributed by atoms with E-state index < -0.39 is 0 Å². The molecule has 0 bridgehead atoms. The standard InChI is InChI=1S/C20H24O6/c1-14-7-5-6-8-16(14)25-9-10-26-19(21)13-15-11-17(22-2)20(24-4)18(12-15)23-3/h5-8,11-12H,9-10,13H2,1-4H3. The molecule has 0 fully saturated rings. The summed E-state index contributed by atoms with van der Waals surface area (Å²) < 4.78 is 26.7. The van der Waals surface area contributed by atoms with Gasteiger partial charge >= 0.3 is 5.97 Å². The number of carbonyl (C=O) groups excluding carboxylic acids is 1. The summed E-state index contributed by atoms with van der Waals surface area (Å²) in [7, 11) is 4.59. The van der Waals surface area contributed by atoms with Crippen LogP contribution in [0.25, 0.3) is 0 Å². The average molecular weight is 360 g/mol. The molecule has 2 aromatic rings. The lowest BCUT2D eigenvalue weighted by molar-refractivity contribution is -0.143. The molecule has 0 spiro atoms. The Hall–Kier alpha value is -2.89. The fourth-order valence-electron chi connectivity index (χ4n) is 2.48. The lowest BCUT2D eigenvalue weighted by Gasteiger charge is -2.14.